The lowest BCUT2D eigenvalue weighted by molar-refractivity contribution is -0.131. The average Bonchev–Trinajstić information content (AvgIpc) is 2.40. The molecule has 3 nitrogen and oxygen atoms in total. The van der Waals surface area contributed by atoms with Gasteiger partial charge in [-0.05, 0) is 51.6 Å². The van der Waals surface area contributed by atoms with Crippen LogP contribution in [0.25, 0.3) is 0 Å². The van der Waals surface area contributed by atoms with Gasteiger partial charge < -0.3 is 10.2 Å². The lowest BCUT2D eigenvalue weighted by Crippen LogP contribution is -2.44. The molecular formula is C14H24N2O. The van der Waals surface area contributed by atoms with Crippen LogP contribution in [0.3, 0.4) is 0 Å². The van der Waals surface area contributed by atoms with E-state index in [1.807, 2.05) is 11.9 Å². The number of piperidine rings is 1. The third-order valence-electron chi connectivity index (χ3n) is 4.01. The smallest absolute Gasteiger partial charge is 0.226 e. The standard InChI is InChI=1S/C14H24N2O/c1-16(13-7-9-15-10-8-13)14(17)11-12-5-3-2-4-6-12/h5,13,15H,2-4,6-11H2,1H3. The number of nitrogens with zero attached hydrogens (tertiary/aromatic N) is 1. The Hall–Kier alpha value is -0.830. The summed E-state index contributed by atoms with van der Waals surface area (Å²) < 4.78 is 0. The first-order valence-electron chi connectivity index (χ1n) is 6.91. The van der Waals surface area contributed by atoms with Crippen LogP contribution in [0.5, 0.6) is 0 Å². The quantitative estimate of drug-likeness (QED) is 0.761. The van der Waals surface area contributed by atoms with E-state index in [4.69, 9.17) is 0 Å². The van der Waals surface area contributed by atoms with Gasteiger partial charge in [-0.15, -0.1) is 0 Å². The minimum atomic E-state index is 0.310. The molecule has 1 aliphatic heterocycles. The summed E-state index contributed by atoms with van der Waals surface area (Å²) in [6.07, 6.45) is 9.98. The fourth-order valence-electron chi connectivity index (χ4n) is 2.78. The van der Waals surface area contributed by atoms with Gasteiger partial charge in [-0.3, -0.25) is 4.79 Å². The van der Waals surface area contributed by atoms with Crippen LogP contribution in [0, 0.1) is 0 Å². The van der Waals surface area contributed by atoms with E-state index in [1.165, 1.54) is 24.8 Å². The highest BCUT2D eigenvalue weighted by Gasteiger charge is 2.22. The van der Waals surface area contributed by atoms with Crippen molar-refractivity contribution in [2.24, 2.45) is 0 Å². The molecule has 0 spiro atoms. The van der Waals surface area contributed by atoms with Crippen LogP contribution in [0.1, 0.15) is 44.9 Å². The Balaban J connectivity index is 1.83. The van der Waals surface area contributed by atoms with Gasteiger partial charge in [-0.25, -0.2) is 0 Å². The van der Waals surface area contributed by atoms with Crippen LogP contribution in [-0.2, 0) is 4.79 Å². The Morgan fingerprint density at radius 2 is 2.18 bits per heavy atom. The number of allylic oxidation sites excluding steroid dienone is 1. The molecule has 2 rings (SSSR count). The van der Waals surface area contributed by atoms with Crippen molar-refractivity contribution in [3.63, 3.8) is 0 Å². The van der Waals surface area contributed by atoms with Crippen LogP contribution < -0.4 is 5.32 Å². The molecule has 1 N–H and O–H groups in total. The molecule has 3 heteroatoms. The summed E-state index contributed by atoms with van der Waals surface area (Å²) in [6, 6.07) is 0.452. The molecule has 1 fully saturated rings. The molecule has 0 aromatic heterocycles. The third kappa shape index (κ3) is 3.56. The van der Waals surface area contributed by atoms with E-state index < -0.39 is 0 Å². The van der Waals surface area contributed by atoms with Gasteiger partial charge in [0.25, 0.3) is 0 Å². The second-order valence-electron chi connectivity index (χ2n) is 5.27. The van der Waals surface area contributed by atoms with Gasteiger partial charge in [0, 0.05) is 19.5 Å². The van der Waals surface area contributed by atoms with Crippen molar-refractivity contribution >= 4 is 5.91 Å². The van der Waals surface area contributed by atoms with Gasteiger partial charge in [0.2, 0.25) is 5.91 Å². The lowest BCUT2D eigenvalue weighted by atomic mass is 9.96. The zero-order valence-corrected chi connectivity index (χ0v) is 10.9. The fraction of sp³-hybridized carbons (Fsp3) is 0.786. The number of hydrogen-bond acceptors (Lipinski definition) is 2. The molecule has 0 aromatic rings. The Morgan fingerprint density at radius 1 is 1.41 bits per heavy atom. The topological polar surface area (TPSA) is 32.3 Å². The highest BCUT2D eigenvalue weighted by atomic mass is 16.2. The zero-order valence-electron chi connectivity index (χ0n) is 10.9. The maximum absolute atomic E-state index is 12.2. The monoisotopic (exact) mass is 236 g/mol. The Bertz CT molecular complexity index is 293. The molecule has 0 radical (unpaired) electrons. The van der Waals surface area contributed by atoms with Gasteiger partial charge in [-0.2, -0.15) is 0 Å². The summed E-state index contributed by atoms with van der Waals surface area (Å²) in [4.78, 5) is 14.2. The van der Waals surface area contributed by atoms with Crippen LogP contribution in [0.4, 0.5) is 0 Å². The number of rotatable bonds is 3. The largest absolute Gasteiger partial charge is 0.342 e. The van der Waals surface area contributed by atoms with Gasteiger partial charge in [-0.1, -0.05) is 11.6 Å². The maximum atomic E-state index is 12.2. The molecule has 96 valence electrons. The van der Waals surface area contributed by atoms with Gasteiger partial charge in [0.15, 0.2) is 0 Å². The van der Waals surface area contributed by atoms with E-state index in [-0.39, 0.29) is 0 Å². The van der Waals surface area contributed by atoms with E-state index >= 15 is 0 Å². The molecule has 0 atom stereocenters. The van der Waals surface area contributed by atoms with E-state index in [0.29, 0.717) is 18.4 Å². The predicted molar refractivity (Wildman–Crippen MR) is 69.8 cm³/mol. The Morgan fingerprint density at radius 3 is 2.82 bits per heavy atom. The molecule has 1 heterocycles. The number of nitrogens with one attached hydrogen (secondary N) is 1. The Labute approximate surface area is 104 Å². The first-order chi connectivity index (χ1) is 8.27. The highest BCUT2D eigenvalue weighted by Crippen LogP contribution is 2.21. The third-order valence-corrected chi connectivity index (χ3v) is 4.01. The van der Waals surface area contributed by atoms with Crippen LogP contribution in [0.2, 0.25) is 0 Å². The van der Waals surface area contributed by atoms with Crippen molar-refractivity contribution in [2.75, 3.05) is 20.1 Å². The summed E-state index contributed by atoms with van der Waals surface area (Å²) in [7, 11) is 1.97. The SMILES string of the molecule is CN(C(=O)CC1=CCCCC1)C1CCNCC1. The van der Waals surface area contributed by atoms with Crippen molar-refractivity contribution in [3.05, 3.63) is 11.6 Å². The van der Waals surface area contributed by atoms with Crippen molar-refractivity contribution in [3.8, 4) is 0 Å². The number of carbonyl (C=O) groups is 1. The summed E-state index contributed by atoms with van der Waals surface area (Å²) in [5, 5.41) is 3.34. The van der Waals surface area contributed by atoms with Crippen molar-refractivity contribution in [2.45, 2.75) is 51.0 Å². The molecule has 0 unspecified atom stereocenters. The fourth-order valence-corrected chi connectivity index (χ4v) is 2.78. The summed E-state index contributed by atoms with van der Waals surface area (Å²) in [6.45, 7) is 2.09. The van der Waals surface area contributed by atoms with Gasteiger partial charge >= 0.3 is 0 Å². The summed E-state index contributed by atoms with van der Waals surface area (Å²) >= 11 is 0. The summed E-state index contributed by atoms with van der Waals surface area (Å²) in [5.41, 5.74) is 1.36. The molecule has 0 bridgehead atoms. The van der Waals surface area contributed by atoms with Gasteiger partial charge in [0.1, 0.15) is 0 Å². The normalized spacial score (nSPS) is 22.1. The minimum Gasteiger partial charge on any atom is -0.342 e. The lowest BCUT2D eigenvalue weighted by Gasteiger charge is -2.32. The molecule has 2 aliphatic rings. The van der Waals surface area contributed by atoms with E-state index in [9.17, 15) is 4.79 Å². The maximum Gasteiger partial charge on any atom is 0.226 e. The van der Waals surface area contributed by atoms with E-state index in [2.05, 4.69) is 11.4 Å². The van der Waals surface area contributed by atoms with E-state index in [1.54, 1.807) is 0 Å². The van der Waals surface area contributed by atoms with Crippen molar-refractivity contribution < 1.29 is 4.79 Å². The first kappa shape index (κ1) is 12.6. The molecule has 1 saturated heterocycles. The average molecular weight is 236 g/mol. The molecule has 17 heavy (non-hydrogen) atoms. The van der Waals surface area contributed by atoms with Crippen LogP contribution >= 0.6 is 0 Å². The van der Waals surface area contributed by atoms with E-state index in [0.717, 1.165) is 32.4 Å². The highest BCUT2D eigenvalue weighted by molar-refractivity contribution is 5.78. The number of carbonyl (C=O) groups excluding carboxylic acids is 1. The molecule has 1 aliphatic carbocycles. The predicted octanol–water partition coefficient (Wildman–Crippen LogP) is 2.09. The molecule has 0 saturated carbocycles. The minimum absolute atomic E-state index is 0.310. The van der Waals surface area contributed by atoms with Crippen LogP contribution in [0.15, 0.2) is 11.6 Å². The summed E-state index contributed by atoms with van der Waals surface area (Å²) in [5.74, 6) is 0.310. The zero-order chi connectivity index (χ0) is 12.1. The second kappa shape index (κ2) is 6.20. The first-order valence-corrected chi connectivity index (χ1v) is 6.91. The molecule has 0 aromatic carbocycles. The van der Waals surface area contributed by atoms with Gasteiger partial charge in [0.05, 0.1) is 0 Å². The van der Waals surface area contributed by atoms with Crippen LogP contribution in [-0.4, -0.2) is 37.0 Å². The molecule has 1 amide bonds. The molecular weight excluding hydrogens is 212 g/mol. The second-order valence-corrected chi connectivity index (χ2v) is 5.27. The number of hydrogen-bond donors (Lipinski definition) is 1. The number of amides is 1. The van der Waals surface area contributed by atoms with Crippen molar-refractivity contribution in [1.82, 2.24) is 10.2 Å². The van der Waals surface area contributed by atoms with Crippen molar-refractivity contribution in [1.29, 1.82) is 0 Å². The Kier molecular flexibility index (Phi) is 4.60.